The van der Waals surface area contributed by atoms with Gasteiger partial charge in [0.15, 0.2) is 0 Å². The minimum absolute atomic E-state index is 0.0820. The van der Waals surface area contributed by atoms with Crippen LogP contribution in [0.25, 0.3) is 0 Å². The molecule has 0 aromatic heterocycles. The first kappa shape index (κ1) is 22.7. The van der Waals surface area contributed by atoms with Gasteiger partial charge in [-0.2, -0.15) is 0 Å². The Labute approximate surface area is 182 Å². The van der Waals surface area contributed by atoms with Gasteiger partial charge in [0.05, 0.1) is 26.0 Å². The van der Waals surface area contributed by atoms with E-state index < -0.39 is 10.0 Å². The largest absolute Gasteiger partial charge is 0.497 e. The van der Waals surface area contributed by atoms with Crippen molar-refractivity contribution in [2.45, 2.75) is 18.2 Å². The van der Waals surface area contributed by atoms with E-state index >= 15 is 0 Å². The lowest BCUT2D eigenvalue weighted by Gasteiger charge is -2.30. The molecule has 10 heteroatoms. The molecule has 0 bridgehead atoms. The number of nitrogens with zero attached hydrogens (tertiary/aromatic N) is 1. The first-order chi connectivity index (χ1) is 14.9. The predicted molar refractivity (Wildman–Crippen MR) is 121 cm³/mol. The minimum Gasteiger partial charge on any atom is -0.497 e. The van der Waals surface area contributed by atoms with E-state index in [0.717, 1.165) is 6.42 Å². The normalized spacial score (nSPS) is 14.1. The zero-order valence-corrected chi connectivity index (χ0v) is 18.5. The lowest BCUT2D eigenvalue weighted by atomic mass is 10.2. The summed E-state index contributed by atoms with van der Waals surface area (Å²) in [7, 11) is -2.39. The molecule has 1 aliphatic rings. The number of nitrogens with one attached hydrogen (secondary N) is 3. The van der Waals surface area contributed by atoms with E-state index in [0.29, 0.717) is 55.7 Å². The van der Waals surface area contributed by atoms with Crippen LogP contribution in [0.4, 0.5) is 21.9 Å². The molecule has 0 spiro atoms. The number of morpholine rings is 1. The molecule has 0 atom stereocenters. The van der Waals surface area contributed by atoms with Crippen LogP contribution in [0.15, 0.2) is 47.4 Å². The van der Waals surface area contributed by atoms with Crippen molar-refractivity contribution in [3.8, 4) is 5.75 Å². The van der Waals surface area contributed by atoms with Crippen LogP contribution < -0.4 is 25.0 Å². The maximum absolute atomic E-state index is 13.3. The summed E-state index contributed by atoms with van der Waals surface area (Å²) in [5.41, 5.74) is 1.36. The molecule has 3 rings (SSSR count). The van der Waals surface area contributed by atoms with Crippen molar-refractivity contribution in [2.75, 3.05) is 54.9 Å². The number of urea groups is 1. The third kappa shape index (κ3) is 6.02. The van der Waals surface area contributed by atoms with Gasteiger partial charge in [-0.3, -0.25) is 4.72 Å². The van der Waals surface area contributed by atoms with Gasteiger partial charge in [0.2, 0.25) is 0 Å². The molecule has 1 heterocycles. The number of benzene rings is 2. The van der Waals surface area contributed by atoms with E-state index in [1.807, 2.05) is 11.8 Å². The van der Waals surface area contributed by atoms with E-state index in [2.05, 4.69) is 15.4 Å². The summed E-state index contributed by atoms with van der Waals surface area (Å²) in [6, 6.07) is 11.1. The zero-order chi connectivity index (χ0) is 22.3. The van der Waals surface area contributed by atoms with Crippen molar-refractivity contribution < 1.29 is 22.7 Å². The van der Waals surface area contributed by atoms with E-state index in [9.17, 15) is 13.2 Å². The summed E-state index contributed by atoms with van der Waals surface area (Å²) >= 11 is 0. The average Bonchev–Trinajstić information content (AvgIpc) is 2.78. The van der Waals surface area contributed by atoms with Crippen molar-refractivity contribution in [1.29, 1.82) is 0 Å². The molecule has 2 aromatic carbocycles. The van der Waals surface area contributed by atoms with Crippen molar-refractivity contribution in [3.05, 3.63) is 42.5 Å². The summed E-state index contributed by atoms with van der Waals surface area (Å²) in [6.07, 6.45) is 0.800. The highest BCUT2D eigenvalue weighted by Crippen LogP contribution is 2.31. The Hall–Kier alpha value is -2.98. The maximum atomic E-state index is 13.3. The van der Waals surface area contributed by atoms with Gasteiger partial charge >= 0.3 is 6.03 Å². The summed E-state index contributed by atoms with van der Waals surface area (Å²) in [5.74, 6) is 0.626. The van der Waals surface area contributed by atoms with Crippen molar-refractivity contribution in [3.63, 3.8) is 0 Å². The van der Waals surface area contributed by atoms with E-state index in [4.69, 9.17) is 9.47 Å². The maximum Gasteiger partial charge on any atom is 0.319 e. The first-order valence-corrected chi connectivity index (χ1v) is 11.6. The number of carbonyl (C=O) groups is 1. The molecule has 0 aliphatic carbocycles. The van der Waals surface area contributed by atoms with Crippen LogP contribution in [0.5, 0.6) is 5.75 Å². The molecule has 0 radical (unpaired) electrons. The average molecular weight is 449 g/mol. The number of hydrogen-bond acceptors (Lipinski definition) is 6. The fourth-order valence-electron chi connectivity index (χ4n) is 3.16. The van der Waals surface area contributed by atoms with Gasteiger partial charge in [-0.15, -0.1) is 0 Å². The van der Waals surface area contributed by atoms with Gasteiger partial charge in [0.1, 0.15) is 10.6 Å². The quantitative estimate of drug-likeness (QED) is 0.573. The number of carbonyl (C=O) groups excluding carboxylic acids is 1. The Bertz CT molecular complexity index is 989. The lowest BCUT2D eigenvalue weighted by Crippen LogP contribution is -2.37. The second-order valence-electron chi connectivity index (χ2n) is 7.00. The number of ether oxygens (including phenoxy) is 2. The fraction of sp³-hybridized carbons (Fsp3) is 0.381. The molecule has 1 aliphatic heterocycles. The van der Waals surface area contributed by atoms with E-state index in [-0.39, 0.29) is 10.9 Å². The van der Waals surface area contributed by atoms with Crippen molar-refractivity contribution in [1.82, 2.24) is 5.32 Å². The van der Waals surface area contributed by atoms with Crippen LogP contribution in [-0.4, -0.2) is 54.4 Å². The first-order valence-electron chi connectivity index (χ1n) is 10.1. The highest BCUT2D eigenvalue weighted by molar-refractivity contribution is 7.92. The summed E-state index contributed by atoms with van der Waals surface area (Å²) in [4.78, 5) is 14.1. The second kappa shape index (κ2) is 10.4. The van der Waals surface area contributed by atoms with Crippen molar-refractivity contribution >= 4 is 33.1 Å². The molecule has 1 fully saturated rings. The second-order valence-corrected chi connectivity index (χ2v) is 8.65. The summed E-state index contributed by atoms with van der Waals surface area (Å²) in [5, 5.41) is 5.41. The number of amides is 2. The molecule has 31 heavy (non-hydrogen) atoms. The molecule has 9 nitrogen and oxygen atoms in total. The number of anilines is 3. The van der Waals surface area contributed by atoms with Gasteiger partial charge in [-0.25, -0.2) is 13.2 Å². The minimum atomic E-state index is -3.93. The SMILES string of the molecule is CCCNC(=O)Nc1ccc(N2CCOCC2)c(S(=O)(=O)Nc2ccc(OC)cc2)c1. The predicted octanol–water partition coefficient (Wildman–Crippen LogP) is 2.86. The molecule has 2 aromatic rings. The van der Waals surface area contributed by atoms with Gasteiger partial charge in [0.25, 0.3) is 10.0 Å². The molecule has 0 unspecified atom stereocenters. The third-order valence-corrected chi connectivity index (χ3v) is 6.15. The standard InChI is InChI=1S/C21H28N4O5S/c1-3-10-22-21(26)23-17-6-9-19(25-11-13-30-14-12-25)20(15-17)31(27,28)24-16-4-7-18(29-2)8-5-16/h4-9,15,24H,3,10-14H2,1-2H3,(H2,22,23,26). The smallest absolute Gasteiger partial charge is 0.319 e. The number of rotatable bonds is 8. The molecule has 2 amide bonds. The van der Waals surface area contributed by atoms with Gasteiger partial charge in [0, 0.05) is 31.0 Å². The van der Waals surface area contributed by atoms with Gasteiger partial charge in [-0.1, -0.05) is 6.92 Å². The van der Waals surface area contributed by atoms with E-state index in [1.165, 1.54) is 6.07 Å². The molecular formula is C21H28N4O5S. The number of hydrogen-bond donors (Lipinski definition) is 3. The Morgan fingerprint density at radius 1 is 1.10 bits per heavy atom. The van der Waals surface area contributed by atoms with Crippen LogP contribution in [0.2, 0.25) is 0 Å². The van der Waals surface area contributed by atoms with E-state index in [1.54, 1.807) is 43.5 Å². The fourth-order valence-corrected chi connectivity index (χ4v) is 4.47. The summed E-state index contributed by atoms with van der Waals surface area (Å²) < 4.78 is 39.7. The summed E-state index contributed by atoms with van der Waals surface area (Å²) in [6.45, 7) is 4.67. The highest BCUT2D eigenvalue weighted by atomic mass is 32.2. The highest BCUT2D eigenvalue weighted by Gasteiger charge is 2.24. The van der Waals surface area contributed by atoms with Crippen molar-refractivity contribution in [2.24, 2.45) is 0 Å². The van der Waals surface area contributed by atoms with Crippen LogP contribution in [0.3, 0.4) is 0 Å². The van der Waals surface area contributed by atoms with Gasteiger partial charge in [-0.05, 0) is 48.9 Å². The Morgan fingerprint density at radius 3 is 2.42 bits per heavy atom. The molecule has 168 valence electrons. The monoisotopic (exact) mass is 448 g/mol. The number of sulfonamides is 1. The lowest BCUT2D eigenvalue weighted by molar-refractivity contribution is 0.122. The van der Waals surface area contributed by atoms with Crippen LogP contribution in [0, 0.1) is 0 Å². The number of methoxy groups -OCH3 is 1. The molecule has 1 saturated heterocycles. The van der Waals surface area contributed by atoms with Crippen LogP contribution in [0.1, 0.15) is 13.3 Å². The van der Waals surface area contributed by atoms with Crippen LogP contribution >= 0.6 is 0 Å². The molecule has 0 saturated carbocycles. The Morgan fingerprint density at radius 2 is 1.77 bits per heavy atom. The third-order valence-electron chi connectivity index (χ3n) is 4.74. The van der Waals surface area contributed by atoms with Crippen LogP contribution in [-0.2, 0) is 14.8 Å². The van der Waals surface area contributed by atoms with Gasteiger partial charge < -0.3 is 25.0 Å². The Balaban J connectivity index is 1.92. The molecule has 3 N–H and O–H groups in total. The zero-order valence-electron chi connectivity index (χ0n) is 17.7. The Kier molecular flexibility index (Phi) is 7.59. The molecular weight excluding hydrogens is 420 g/mol. The topological polar surface area (TPSA) is 109 Å².